The molecule has 0 amide bonds. The molecule has 0 aliphatic carbocycles. The molecule has 0 radical (unpaired) electrons. The number of nitrogens with one attached hydrogen (secondary N) is 1. The minimum atomic E-state index is -0.386. The zero-order valence-corrected chi connectivity index (χ0v) is 12.2. The van der Waals surface area contributed by atoms with Gasteiger partial charge in [-0.15, -0.1) is 0 Å². The summed E-state index contributed by atoms with van der Waals surface area (Å²) in [5, 5.41) is 21.0. The van der Waals surface area contributed by atoms with E-state index in [9.17, 15) is 10.1 Å². The molecule has 2 aromatic rings. The van der Waals surface area contributed by atoms with E-state index in [0.717, 1.165) is 43.8 Å². The highest BCUT2D eigenvalue weighted by Crippen LogP contribution is 2.30. The zero-order chi connectivity index (χ0) is 15.5. The molecule has 1 saturated heterocycles. The molecule has 1 aliphatic heterocycles. The standard InChI is InChI=1S/C15H18N4O3/c20-11-10-17-6-8-18(9-7-17)13-4-5-16-15-12(13)2-1-3-14(15)19(21)22/h1-5,20H,6-11H2/p+1. The van der Waals surface area contributed by atoms with Gasteiger partial charge in [-0.05, 0) is 6.07 Å². The lowest BCUT2D eigenvalue weighted by Gasteiger charge is -2.33. The summed E-state index contributed by atoms with van der Waals surface area (Å²) in [5.41, 5.74) is 1.48. The molecule has 7 nitrogen and oxygen atoms in total. The van der Waals surface area contributed by atoms with Crippen molar-refractivity contribution in [2.45, 2.75) is 0 Å². The number of nitrogens with zero attached hydrogens (tertiary/aromatic N) is 3. The van der Waals surface area contributed by atoms with E-state index in [1.54, 1.807) is 12.3 Å². The minimum Gasteiger partial charge on any atom is -0.391 e. The average molecular weight is 303 g/mol. The van der Waals surface area contributed by atoms with Crippen LogP contribution in [-0.4, -0.2) is 54.3 Å². The molecule has 0 unspecified atom stereocenters. The molecule has 0 bridgehead atoms. The molecule has 1 aromatic carbocycles. The number of non-ortho nitro benzene ring substituents is 1. The third kappa shape index (κ3) is 2.72. The van der Waals surface area contributed by atoms with Gasteiger partial charge >= 0.3 is 0 Å². The van der Waals surface area contributed by atoms with E-state index in [0.29, 0.717) is 5.52 Å². The van der Waals surface area contributed by atoms with Crippen LogP contribution < -0.4 is 9.80 Å². The Bertz CT molecular complexity index is 684. The molecular formula is C15H19N4O3+. The SMILES string of the molecule is O=[N+]([O-])c1cccc2c(N3CC[NH+](CCO)CC3)ccnc12. The maximum Gasteiger partial charge on any atom is 0.295 e. The Hall–Kier alpha value is -2.25. The molecule has 1 fully saturated rings. The summed E-state index contributed by atoms with van der Waals surface area (Å²) in [6, 6.07) is 7.00. The molecule has 1 aliphatic rings. The minimum absolute atomic E-state index is 0.0453. The number of aliphatic hydroxyl groups is 1. The average Bonchev–Trinajstić information content (AvgIpc) is 2.54. The Morgan fingerprint density at radius 2 is 2.09 bits per heavy atom. The van der Waals surface area contributed by atoms with Crippen molar-refractivity contribution in [1.29, 1.82) is 0 Å². The number of aliphatic hydroxyl groups excluding tert-OH is 1. The lowest BCUT2D eigenvalue weighted by Crippen LogP contribution is -3.15. The number of fused-ring (bicyclic) bond motifs is 1. The summed E-state index contributed by atoms with van der Waals surface area (Å²) < 4.78 is 0. The number of quaternary nitrogens is 1. The number of piperazine rings is 1. The predicted molar refractivity (Wildman–Crippen MR) is 83.3 cm³/mol. The molecule has 1 aromatic heterocycles. The third-order valence-electron chi connectivity index (χ3n) is 4.20. The largest absolute Gasteiger partial charge is 0.391 e. The van der Waals surface area contributed by atoms with Crippen molar-refractivity contribution < 1.29 is 14.9 Å². The number of pyridine rings is 1. The van der Waals surface area contributed by atoms with Crippen LogP contribution in [0.15, 0.2) is 30.5 Å². The van der Waals surface area contributed by atoms with E-state index in [1.807, 2.05) is 12.1 Å². The molecular weight excluding hydrogens is 284 g/mol. The highest BCUT2D eigenvalue weighted by molar-refractivity contribution is 5.96. The molecule has 2 heterocycles. The second-order valence-corrected chi connectivity index (χ2v) is 5.47. The summed E-state index contributed by atoms with van der Waals surface area (Å²) >= 11 is 0. The molecule has 0 saturated carbocycles. The summed E-state index contributed by atoms with van der Waals surface area (Å²) in [6.45, 7) is 4.64. The maximum atomic E-state index is 11.1. The van der Waals surface area contributed by atoms with Crippen LogP contribution in [0.5, 0.6) is 0 Å². The highest BCUT2D eigenvalue weighted by atomic mass is 16.6. The summed E-state index contributed by atoms with van der Waals surface area (Å²) in [4.78, 5) is 18.6. The van der Waals surface area contributed by atoms with Crippen LogP contribution in [0, 0.1) is 10.1 Å². The topological polar surface area (TPSA) is 83.9 Å². The van der Waals surface area contributed by atoms with Crippen molar-refractivity contribution in [2.24, 2.45) is 0 Å². The highest BCUT2D eigenvalue weighted by Gasteiger charge is 2.22. The van der Waals surface area contributed by atoms with Crippen molar-refractivity contribution in [1.82, 2.24) is 4.98 Å². The van der Waals surface area contributed by atoms with Gasteiger partial charge in [0.05, 0.1) is 37.7 Å². The number of aromatic nitrogens is 1. The van der Waals surface area contributed by atoms with Crippen molar-refractivity contribution in [3.05, 3.63) is 40.6 Å². The number of hydrogen-bond acceptors (Lipinski definition) is 5. The zero-order valence-electron chi connectivity index (χ0n) is 12.2. The fraction of sp³-hybridized carbons (Fsp3) is 0.400. The van der Waals surface area contributed by atoms with Crippen LogP contribution in [0.2, 0.25) is 0 Å². The van der Waals surface area contributed by atoms with Gasteiger partial charge in [-0.1, -0.05) is 12.1 Å². The number of benzene rings is 1. The van der Waals surface area contributed by atoms with Crippen LogP contribution in [0.1, 0.15) is 0 Å². The first-order valence-corrected chi connectivity index (χ1v) is 7.42. The monoisotopic (exact) mass is 303 g/mol. The Kier molecular flexibility index (Phi) is 4.17. The van der Waals surface area contributed by atoms with E-state index in [2.05, 4.69) is 9.88 Å². The lowest BCUT2D eigenvalue weighted by molar-refractivity contribution is -0.900. The first-order valence-electron chi connectivity index (χ1n) is 7.42. The van der Waals surface area contributed by atoms with Crippen LogP contribution in [-0.2, 0) is 0 Å². The quantitative estimate of drug-likeness (QED) is 0.606. The van der Waals surface area contributed by atoms with Gasteiger partial charge in [0.15, 0.2) is 0 Å². The van der Waals surface area contributed by atoms with Crippen LogP contribution >= 0.6 is 0 Å². The number of nitro groups is 1. The number of anilines is 1. The van der Waals surface area contributed by atoms with Gasteiger partial charge in [-0.2, -0.15) is 0 Å². The second kappa shape index (κ2) is 6.25. The van der Waals surface area contributed by atoms with Gasteiger partial charge < -0.3 is 14.9 Å². The van der Waals surface area contributed by atoms with Gasteiger partial charge in [-0.3, -0.25) is 10.1 Å². The van der Waals surface area contributed by atoms with Gasteiger partial charge in [0.25, 0.3) is 5.69 Å². The fourth-order valence-electron chi connectivity index (χ4n) is 3.04. The Morgan fingerprint density at radius 1 is 1.32 bits per heavy atom. The van der Waals surface area contributed by atoms with E-state index in [1.165, 1.54) is 11.0 Å². The maximum absolute atomic E-state index is 11.1. The first-order chi connectivity index (χ1) is 10.7. The number of hydrogen-bond donors (Lipinski definition) is 2. The van der Waals surface area contributed by atoms with Gasteiger partial charge in [0.1, 0.15) is 12.1 Å². The van der Waals surface area contributed by atoms with E-state index in [-0.39, 0.29) is 17.2 Å². The molecule has 0 atom stereocenters. The smallest absolute Gasteiger partial charge is 0.295 e. The van der Waals surface area contributed by atoms with Crippen LogP contribution in [0.3, 0.4) is 0 Å². The van der Waals surface area contributed by atoms with E-state index in [4.69, 9.17) is 5.11 Å². The Labute approximate surface area is 127 Å². The molecule has 3 rings (SSSR count). The summed E-state index contributed by atoms with van der Waals surface area (Å²) in [5.74, 6) is 0. The first kappa shape index (κ1) is 14.7. The van der Waals surface area contributed by atoms with E-state index < -0.39 is 0 Å². The normalized spacial score (nSPS) is 16.1. The van der Waals surface area contributed by atoms with Crippen LogP contribution in [0.4, 0.5) is 11.4 Å². The predicted octanol–water partition coefficient (Wildman–Crippen LogP) is -0.160. The van der Waals surface area contributed by atoms with Gasteiger partial charge in [0, 0.05) is 23.3 Å². The molecule has 7 heteroatoms. The Balaban J connectivity index is 1.92. The molecule has 22 heavy (non-hydrogen) atoms. The number of para-hydroxylation sites is 1. The lowest BCUT2D eigenvalue weighted by atomic mass is 10.1. The third-order valence-corrected chi connectivity index (χ3v) is 4.20. The number of rotatable bonds is 4. The second-order valence-electron chi connectivity index (χ2n) is 5.47. The van der Waals surface area contributed by atoms with Gasteiger partial charge in [-0.25, -0.2) is 4.98 Å². The van der Waals surface area contributed by atoms with Crippen molar-refractivity contribution in [3.63, 3.8) is 0 Å². The van der Waals surface area contributed by atoms with Crippen molar-refractivity contribution in [3.8, 4) is 0 Å². The van der Waals surface area contributed by atoms with Crippen LogP contribution in [0.25, 0.3) is 10.9 Å². The van der Waals surface area contributed by atoms with E-state index >= 15 is 0 Å². The van der Waals surface area contributed by atoms with Crippen molar-refractivity contribution >= 4 is 22.3 Å². The number of nitro benzene ring substituents is 1. The summed E-state index contributed by atoms with van der Waals surface area (Å²) in [7, 11) is 0. The molecule has 0 spiro atoms. The van der Waals surface area contributed by atoms with Gasteiger partial charge in [0.2, 0.25) is 0 Å². The molecule has 2 N–H and O–H groups in total. The summed E-state index contributed by atoms with van der Waals surface area (Å²) in [6.07, 6.45) is 1.64. The van der Waals surface area contributed by atoms with Crippen molar-refractivity contribution in [2.75, 3.05) is 44.2 Å². The molecule has 116 valence electrons. The fourth-order valence-corrected chi connectivity index (χ4v) is 3.04. The Morgan fingerprint density at radius 3 is 2.77 bits per heavy atom.